The second kappa shape index (κ2) is 8.42. The minimum atomic E-state index is -4.05. The monoisotopic (exact) mass is 485 g/mol. The van der Waals surface area contributed by atoms with Crippen LogP contribution in [0.4, 0.5) is 5.69 Å². The lowest BCUT2D eigenvalue weighted by atomic mass is 10.2. The molecule has 0 unspecified atom stereocenters. The number of benzene rings is 3. The highest BCUT2D eigenvalue weighted by atomic mass is 35.5. The Bertz CT molecular complexity index is 1610. The molecule has 0 atom stereocenters. The van der Waals surface area contributed by atoms with Gasteiger partial charge in [-0.3, -0.25) is 14.3 Å². The Labute approximate surface area is 194 Å². The predicted molar refractivity (Wildman–Crippen MR) is 128 cm³/mol. The van der Waals surface area contributed by atoms with Crippen molar-refractivity contribution in [3.63, 3.8) is 0 Å². The summed E-state index contributed by atoms with van der Waals surface area (Å²) < 4.78 is 37.1. The van der Waals surface area contributed by atoms with Gasteiger partial charge < -0.3 is 13.9 Å². The second-order valence-electron chi connectivity index (χ2n) is 7.50. The van der Waals surface area contributed by atoms with Gasteiger partial charge in [0.2, 0.25) is 0 Å². The lowest BCUT2D eigenvalue weighted by Gasteiger charge is -2.17. The maximum atomic E-state index is 13.1. The van der Waals surface area contributed by atoms with Crippen LogP contribution in [0.3, 0.4) is 0 Å². The number of aryl methyl sites for hydroxylation is 3. The first-order chi connectivity index (χ1) is 15.6. The minimum absolute atomic E-state index is 0.0294. The van der Waals surface area contributed by atoms with Crippen molar-refractivity contribution in [3.05, 3.63) is 92.0 Å². The van der Waals surface area contributed by atoms with Crippen molar-refractivity contribution in [3.8, 4) is 11.5 Å². The van der Waals surface area contributed by atoms with E-state index in [9.17, 15) is 18.0 Å². The molecule has 1 heterocycles. The van der Waals surface area contributed by atoms with Crippen LogP contribution in [-0.2, 0) is 24.1 Å². The zero-order valence-corrected chi connectivity index (χ0v) is 19.6. The van der Waals surface area contributed by atoms with Gasteiger partial charge >= 0.3 is 11.1 Å². The highest BCUT2D eigenvalue weighted by molar-refractivity contribution is 7.92. The van der Waals surface area contributed by atoms with Crippen molar-refractivity contribution in [1.82, 2.24) is 9.13 Å². The summed E-state index contributed by atoms with van der Waals surface area (Å²) in [5.74, 6) is 0.620. The molecule has 0 fully saturated rings. The molecular weight excluding hydrogens is 466 g/mol. The summed E-state index contributed by atoms with van der Waals surface area (Å²) in [5.41, 5.74) is 0.137. The molecule has 8 nitrogen and oxygen atoms in total. The van der Waals surface area contributed by atoms with E-state index < -0.39 is 21.1 Å². The first kappa shape index (κ1) is 22.6. The molecule has 0 bridgehead atoms. The fourth-order valence-corrected chi connectivity index (χ4v) is 4.66. The van der Waals surface area contributed by atoms with Crippen LogP contribution in [-0.4, -0.2) is 17.6 Å². The molecule has 1 N–H and O–H groups in total. The number of nitrogens with one attached hydrogen (secondary N) is 1. The quantitative estimate of drug-likeness (QED) is 0.433. The summed E-state index contributed by atoms with van der Waals surface area (Å²) in [4.78, 5) is 24.6. The van der Waals surface area contributed by atoms with Gasteiger partial charge in [0, 0.05) is 25.2 Å². The summed E-state index contributed by atoms with van der Waals surface area (Å²) in [6, 6.07) is 16.2. The average molecular weight is 486 g/mol. The van der Waals surface area contributed by atoms with E-state index >= 15 is 0 Å². The van der Waals surface area contributed by atoms with E-state index in [1.54, 1.807) is 37.3 Å². The number of ether oxygens (including phenoxy) is 1. The Hall–Kier alpha value is -3.56. The van der Waals surface area contributed by atoms with Crippen molar-refractivity contribution in [2.24, 2.45) is 14.1 Å². The molecule has 0 spiro atoms. The van der Waals surface area contributed by atoms with Gasteiger partial charge in [-0.2, -0.15) is 0 Å². The summed E-state index contributed by atoms with van der Waals surface area (Å²) in [6.07, 6.45) is 0. The van der Waals surface area contributed by atoms with E-state index in [0.29, 0.717) is 21.8 Å². The van der Waals surface area contributed by atoms with Crippen molar-refractivity contribution in [1.29, 1.82) is 0 Å². The van der Waals surface area contributed by atoms with Crippen molar-refractivity contribution >= 4 is 38.3 Å². The molecule has 33 heavy (non-hydrogen) atoms. The summed E-state index contributed by atoms with van der Waals surface area (Å²) >= 11 is 6.12. The molecule has 0 aliphatic heterocycles. The van der Waals surface area contributed by atoms with Crippen LogP contribution >= 0.6 is 11.6 Å². The minimum Gasteiger partial charge on any atom is -0.455 e. The van der Waals surface area contributed by atoms with E-state index in [-0.39, 0.29) is 16.3 Å². The molecule has 3 aromatic carbocycles. The number of anilines is 1. The fourth-order valence-electron chi connectivity index (χ4n) is 3.32. The Morgan fingerprint density at radius 2 is 1.48 bits per heavy atom. The Balaban J connectivity index is 1.92. The molecule has 0 saturated carbocycles. The van der Waals surface area contributed by atoms with Gasteiger partial charge in [-0.15, -0.1) is 0 Å². The van der Waals surface area contributed by atoms with Crippen LogP contribution in [0.1, 0.15) is 5.56 Å². The molecule has 1 aromatic heterocycles. The van der Waals surface area contributed by atoms with Crippen LogP contribution in [0.15, 0.2) is 75.1 Å². The van der Waals surface area contributed by atoms with Gasteiger partial charge in [-0.1, -0.05) is 35.9 Å². The molecule has 170 valence electrons. The topological polar surface area (TPSA) is 99.4 Å². The number of para-hydroxylation sites is 1. The van der Waals surface area contributed by atoms with E-state index in [0.717, 1.165) is 5.56 Å². The summed E-state index contributed by atoms with van der Waals surface area (Å²) in [7, 11) is -1.13. The Morgan fingerprint density at radius 3 is 2.09 bits per heavy atom. The fraction of sp³-hybridized carbons (Fsp3) is 0.130. The van der Waals surface area contributed by atoms with Crippen LogP contribution in [0, 0.1) is 6.92 Å². The molecule has 0 aliphatic carbocycles. The highest BCUT2D eigenvalue weighted by Crippen LogP contribution is 2.35. The maximum Gasteiger partial charge on any atom is 0.316 e. The third-order valence-corrected chi connectivity index (χ3v) is 7.03. The van der Waals surface area contributed by atoms with E-state index in [4.69, 9.17) is 16.3 Å². The van der Waals surface area contributed by atoms with Crippen LogP contribution in [0.25, 0.3) is 11.0 Å². The summed E-state index contributed by atoms with van der Waals surface area (Å²) in [5, 5.41) is 0.314. The number of rotatable bonds is 5. The standard InChI is InChI=1S/C23H20ClN3O5S/c1-14-9-10-16(11-17(14)24)33(30,31)25-18-12-19-20(27(3)23(29)22(28)26(19)2)13-21(18)32-15-7-5-4-6-8-15/h4-13,25H,1-3H3. The smallest absolute Gasteiger partial charge is 0.316 e. The zero-order chi connectivity index (χ0) is 23.9. The first-order valence-electron chi connectivity index (χ1n) is 9.84. The summed E-state index contributed by atoms with van der Waals surface area (Å²) in [6.45, 7) is 1.77. The number of nitrogens with zero attached hydrogens (tertiary/aromatic N) is 2. The number of hydrogen-bond acceptors (Lipinski definition) is 5. The number of hydrogen-bond donors (Lipinski definition) is 1. The van der Waals surface area contributed by atoms with Crippen LogP contribution < -0.4 is 20.6 Å². The van der Waals surface area contributed by atoms with Crippen LogP contribution in [0.5, 0.6) is 11.5 Å². The molecule has 0 amide bonds. The largest absolute Gasteiger partial charge is 0.455 e. The van der Waals surface area contributed by atoms with Gasteiger partial charge in [0.1, 0.15) is 5.75 Å². The maximum absolute atomic E-state index is 13.1. The van der Waals surface area contributed by atoms with E-state index in [1.807, 2.05) is 6.07 Å². The zero-order valence-electron chi connectivity index (χ0n) is 18.0. The number of fused-ring (bicyclic) bond motifs is 1. The van der Waals surface area contributed by atoms with Gasteiger partial charge in [-0.25, -0.2) is 8.42 Å². The molecule has 0 saturated heterocycles. The van der Waals surface area contributed by atoms with Crippen LogP contribution in [0.2, 0.25) is 5.02 Å². The van der Waals surface area contributed by atoms with E-state index in [1.165, 1.54) is 47.5 Å². The molecule has 0 radical (unpaired) electrons. The number of halogens is 1. The first-order valence-corrected chi connectivity index (χ1v) is 11.7. The van der Waals surface area contributed by atoms with Crippen molar-refractivity contribution < 1.29 is 13.2 Å². The second-order valence-corrected chi connectivity index (χ2v) is 9.59. The Morgan fingerprint density at radius 1 is 0.879 bits per heavy atom. The van der Waals surface area contributed by atoms with Gasteiger partial charge in [0.25, 0.3) is 10.0 Å². The third kappa shape index (κ3) is 4.24. The van der Waals surface area contributed by atoms with Gasteiger partial charge in [0.05, 0.1) is 21.6 Å². The predicted octanol–water partition coefficient (Wildman–Crippen LogP) is 3.79. The Kier molecular flexibility index (Phi) is 5.77. The van der Waals surface area contributed by atoms with Crippen molar-refractivity contribution in [2.45, 2.75) is 11.8 Å². The van der Waals surface area contributed by atoms with Gasteiger partial charge in [0.15, 0.2) is 5.75 Å². The number of aromatic nitrogens is 2. The van der Waals surface area contributed by atoms with Gasteiger partial charge in [-0.05, 0) is 42.8 Å². The normalized spacial score (nSPS) is 11.5. The molecular formula is C23H20ClN3O5S. The number of sulfonamides is 1. The molecule has 4 aromatic rings. The lowest BCUT2D eigenvalue weighted by molar-refractivity contribution is 0.485. The van der Waals surface area contributed by atoms with Crippen molar-refractivity contribution in [2.75, 3.05) is 4.72 Å². The molecule has 10 heteroatoms. The molecule has 4 rings (SSSR count). The molecule has 0 aliphatic rings. The highest BCUT2D eigenvalue weighted by Gasteiger charge is 2.21. The average Bonchev–Trinajstić information content (AvgIpc) is 2.79. The third-order valence-electron chi connectivity index (χ3n) is 5.26. The lowest BCUT2D eigenvalue weighted by Crippen LogP contribution is -2.39. The SMILES string of the molecule is Cc1ccc(S(=O)(=O)Nc2cc3c(cc2Oc2ccccc2)n(C)c(=O)c(=O)n3C)cc1Cl. The van der Waals surface area contributed by atoms with E-state index in [2.05, 4.69) is 4.72 Å².